The largest absolute Gasteiger partial charge is 0.490 e. The predicted molar refractivity (Wildman–Crippen MR) is 102 cm³/mol. The number of anilines is 1. The standard InChI is InChI=1S/C9H14N3O7P.H5O10P3/c10-7-1-2-12(9(14)11-7)8-3-5(13)6(19-8)4-18-20(15,16)17;1-11(2,3)9-13(7,8)10-12(4,5)6/h1-2,5-6,8,13H,3-4H2,(H2,10,11,14)(H2,15,16,17);(H,7,8)(H2,1,2,3)(H2,4,5,6)/t5-,6+,8+;/m0./s1. The molecule has 10 N–H and O–H groups in total. The van der Waals surface area contributed by atoms with Crippen LogP contribution >= 0.6 is 31.3 Å². The number of nitrogen functional groups attached to an aromatic ring is 1. The summed E-state index contributed by atoms with van der Waals surface area (Å²) in [7, 11) is -20.8. The zero-order valence-electron chi connectivity index (χ0n) is 15.8. The van der Waals surface area contributed by atoms with Crippen molar-refractivity contribution in [2.75, 3.05) is 12.3 Å². The number of phosphoric acid groups is 4. The van der Waals surface area contributed by atoms with Gasteiger partial charge in [-0.3, -0.25) is 9.09 Å². The molecular weight excluding hydrogens is 546 g/mol. The molecule has 1 saturated heterocycles. The summed E-state index contributed by atoms with van der Waals surface area (Å²) >= 11 is 0. The Hall–Kier alpha value is -0.880. The first kappa shape index (κ1) is 30.2. The molecule has 20 nitrogen and oxygen atoms in total. The molecule has 0 aromatic carbocycles. The molecule has 24 heteroatoms. The molecule has 0 radical (unpaired) electrons. The summed E-state index contributed by atoms with van der Waals surface area (Å²) in [6.45, 7) is -0.487. The number of hydrogen-bond donors (Lipinski definition) is 9. The van der Waals surface area contributed by atoms with E-state index in [2.05, 4.69) is 18.1 Å². The fraction of sp³-hybridized carbons (Fsp3) is 0.556. The van der Waals surface area contributed by atoms with Gasteiger partial charge in [-0.1, -0.05) is 0 Å². The van der Waals surface area contributed by atoms with E-state index in [4.69, 9.17) is 44.7 Å². The molecule has 3 atom stereocenters. The highest BCUT2D eigenvalue weighted by Crippen LogP contribution is 2.64. The number of aliphatic hydroxyl groups excluding tert-OH is 1. The van der Waals surface area contributed by atoms with Gasteiger partial charge in [-0.25, -0.2) is 23.1 Å². The molecule has 1 fully saturated rings. The molecular formula is C9H19N3O17P4. The lowest BCUT2D eigenvalue weighted by molar-refractivity contribution is -0.0450. The molecule has 1 aromatic rings. The third-order valence-corrected chi connectivity index (χ3v) is 7.03. The summed E-state index contributed by atoms with van der Waals surface area (Å²) in [4.78, 5) is 72.5. The lowest BCUT2D eigenvalue weighted by Crippen LogP contribution is -2.28. The third kappa shape index (κ3) is 12.4. The minimum absolute atomic E-state index is 0.0613. The molecule has 192 valence electrons. The van der Waals surface area contributed by atoms with E-state index in [0.29, 0.717) is 0 Å². The second-order valence-electron chi connectivity index (χ2n) is 5.87. The average Bonchev–Trinajstić information content (AvgIpc) is 2.88. The molecule has 1 aliphatic heterocycles. The number of rotatable bonds is 8. The van der Waals surface area contributed by atoms with Gasteiger partial charge in [0.1, 0.15) is 18.1 Å². The van der Waals surface area contributed by atoms with Gasteiger partial charge in [0.05, 0.1) is 12.7 Å². The highest BCUT2D eigenvalue weighted by atomic mass is 31.3. The Morgan fingerprint density at radius 3 is 1.97 bits per heavy atom. The number of aromatic nitrogens is 2. The average molecular weight is 565 g/mol. The van der Waals surface area contributed by atoms with E-state index >= 15 is 0 Å². The Morgan fingerprint density at radius 1 is 1.03 bits per heavy atom. The molecule has 0 unspecified atom stereocenters. The summed E-state index contributed by atoms with van der Waals surface area (Å²) in [6.07, 6.45) is -1.32. The lowest BCUT2D eigenvalue weighted by atomic mass is 10.2. The highest BCUT2D eigenvalue weighted by molar-refractivity contribution is 7.66. The van der Waals surface area contributed by atoms with Crippen LogP contribution in [0.3, 0.4) is 0 Å². The summed E-state index contributed by atoms with van der Waals surface area (Å²) in [6, 6.07) is 1.40. The van der Waals surface area contributed by atoms with Crippen LogP contribution in [-0.4, -0.2) is 67.7 Å². The van der Waals surface area contributed by atoms with Gasteiger partial charge in [0, 0.05) is 12.6 Å². The van der Waals surface area contributed by atoms with Crippen molar-refractivity contribution in [1.29, 1.82) is 0 Å². The number of hydrogen-bond acceptors (Lipinski definition) is 12. The molecule has 0 bridgehead atoms. The molecule has 0 amide bonds. The number of phosphoric ester groups is 1. The SMILES string of the molecule is Nc1ccn([C@H]2C[C@H](O)[C@@H](COP(=O)(O)O)O2)c(=O)n1.O=P(O)(O)OP(=O)(O)OP(=O)(O)O. The van der Waals surface area contributed by atoms with E-state index in [0.717, 1.165) is 4.57 Å². The van der Waals surface area contributed by atoms with Crippen LogP contribution in [0.25, 0.3) is 0 Å². The Labute approximate surface area is 182 Å². The van der Waals surface area contributed by atoms with Crippen molar-refractivity contribution in [3.63, 3.8) is 0 Å². The van der Waals surface area contributed by atoms with E-state index in [1.807, 2.05) is 0 Å². The summed E-state index contributed by atoms with van der Waals surface area (Å²) in [5.41, 5.74) is 4.72. The Balaban J connectivity index is 0.000000366. The first-order valence-corrected chi connectivity index (χ1v) is 14.0. The lowest BCUT2D eigenvalue weighted by Gasteiger charge is -2.16. The number of nitrogens with two attached hydrogens (primary N) is 1. The molecule has 1 aliphatic rings. The maximum atomic E-state index is 11.6. The third-order valence-electron chi connectivity index (χ3n) is 3.19. The first-order chi connectivity index (χ1) is 14.7. The van der Waals surface area contributed by atoms with Gasteiger partial charge in [-0.2, -0.15) is 13.6 Å². The van der Waals surface area contributed by atoms with Gasteiger partial charge in [0.25, 0.3) is 0 Å². The molecule has 0 spiro atoms. The van der Waals surface area contributed by atoms with Crippen LogP contribution in [-0.2, 0) is 36.1 Å². The van der Waals surface area contributed by atoms with Gasteiger partial charge in [0.15, 0.2) is 0 Å². The zero-order valence-corrected chi connectivity index (χ0v) is 19.4. The van der Waals surface area contributed by atoms with E-state index in [-0.39, 0.29) is 12.2 Å². The van der Waals surface area contributed by atoms with E-state index in [1.54, 1.807) is 0 Å². The van der Waals surface area contributed by atoms with Crippen LogP contribution in [0.2, 0.25) is 0 Å². The van der Waals surface area contributed by atoms with Crippen LogP contribution < -0.4 is 11.4 Å². The minimum atomic E-state index is -5.46. The van der Waals surface area contributed by atoms with Crippen molar-refractivity contribution in [3.05, 3.63) is 22.7 Å². The number of aliphatic hydroxyl groups is 1. The van der Waals surface area contributed by atoms with Crippen LogP contribution in [0, 0.1) is 0 Å². The van der Waals surface area contributed by atoms with Crippen molar-refractivity contribution in [1.82, 2.24) is 9.55 Å². The Bertz CT molecular complexity index is 1030. The normalized spacial score (nSPS) is 22.0. The minimum Gasteiger partial charge on any atom is -0.390 e. The van der Waals surface area contributed by atoms with Crippen LogP contribution in [0.4, 0.5) is 5.82 Å². The van der Waals surface area contributed by atoms with E-state index < -0.39 is 62.0 Å². The van der Waals surface area contributed by atoms with Crippen molar-refractivity contribution in [3.8, 4) is 0 Å². The highest BCUT2D eigenvalue weighted by Gasteiger charge is 2.39. The second-order valence-corrected chi connectivity index (χ2v) is 11.3. The van der Waals surface area contributed by atoms with E-state index in [9.17, 15) is 28.2 Å². The topological polar surface area (TPSA) is 328 Å². The monoisotopic (exact) mass is 565 g/mol. The van der Waals surface area contributed by atoms with Crippen molar-refractivity contribution in [2.24, 2.45) is 0 Å². The van der Waals surface area contributed by atoms with Gasteiger partial charge < -0.3 is 49.8 Å². The van der Waals surface area contributed by atoms with Crippen LogP contribution in [0.1, 0.15) is 12.6 Å². The summed E-state index contributed by atoms with van der Waals surface area (Å²) in [5.74, 6) is 0.0613. The van der Waals surface area contributed by atoms with Crippen LogP contribution in [0.15, 0.2) is 17.1 Å². The molecule has 0 saturated carbocycles. The fourth-order valence-corrected chi connectivity index (χ4v) is 5.01. The second kappa shape index (κ2) is 11.2. The molecule has 0 aliphatic carbocycles. The van der Waals surface area contributed by atoms with Crippen molar-refractivity contribution >= 4 is 37.1 Å². The maximum absolute atomic E-state index is 11.6. The molecule has 33 heavy (non-hydrogen) atoms. The zero-order chi connectivity index (χ0) is 25.8. The fourth-order valence-electron chi connectivity index (χ4n) is 2.14. The van der Waals surface area contributed by atoms with Gasteiger partial charge in [-0.05, 0) is 6.07 Å². The number of nitrogens with zero attached hydrogens (tertiary/aromatic N) is 2. The molecule has 1 aromatic heterocycles. The molecule has 2 rings (SSSR count). The van der Waals surface area contributed by atoms with Gasteiger partial charge >= 0.3 is 37.0 Å². The predicted octanol–water partition coefficient (Wildman–Crippen LogP) is -2.11. The molecule has 2 heterocycles. The van der Waals surface area contributed by atoms with E-state index in [1.165, 1.54) is 12.3 Å². The maximum Gasteiger partial charge on any atom is 0.490 e. The van der Waals surface area contributed by atoms with Crippen molar-refractivity contribution in [2.45, 2.75) is 24.9 Å². The van der Waals surface area contributed by atoms with Gasteiger partial charge in [-0.15, -0.1) is 0 Å². The van der Waals surface area contributed by atoms with Crippen molar-refractivity contribution < 1.29 is 75.5 Å². The van der Waals surface area contributed by atoms with Crippen LogP contribution in [0.5, 0.6) is 0 Å². The summed E-state index contributed by atoms with van der Waals surface area (Å²) in [5, 5.41) is 9.74. The van der Waals surface area contributed by atoms with Gasteiger partial charge in [0.2, 0.25) is 0 Å². The summed E-state index contributed by atoms with van der Waals surface area (Å²) < 4.78 is 57.7. The quantitative estimate of drug-likeness (QED) is 0.152. The Morgan fingerprint density at radius 2 is 1.55 bits per heavy atom. The smallest absolute Gasteiger partial charge is 0.390 e. The Kier molecular flexibility index (Phi) is 10.3. The first-order valence-electron chi connectivity index (χ1n) is 7.92. The number of ether oxygens (including phenoxy) is 1.